The van der Waals surface area contributed by atoms with Crippen molar-refractivity contribution < 1.29 is 19.5 Å². The molecule has 1 unspecified atom stereocenters. The predicted octanol–water partition coefficient (Wildman–Crippen LogP) is 3.13. The van der Waals surface area contributed by atoms with Gasteiger partial charge >= 0.3 is 5.97 Å². The van der Waals surface area contributed by atoms with Crippen LogP contribution in [0.15, 0.2) is 42.5 Å². The number of likely N-dealkylation sites (tertiary alicyclic amines) is 1. The molecule has 2 amide bonds. The fourth-order valence-corrected chi connectivity index (χ4v) is 3.30. The number of carboxylic acids is 1. The van der Waals surface area contributed by atoms with Gasteiger partial charge in [-0.15, -0.1) is 0 Å². The molecule has 0 saturated carbocycles. The molecule has 2 N–H and O–H groups in total. The van der Waals surface area contributed by atoms with Gasteiger partial charge in [0.25, 0.3) is 0 Å². The molecule has 1 atom stereocenters. The number of nitrogens with one attached hydrogen (secondary N) is 1. The Balaban J connectivity index is 1.73. The van der Waals surface area contributed by atoms with E-state index in [1.165, 1.54) is 6.07 Å². The number of hydrogen-bond acceptors (Lipinski definition) is 3. The molecule has 1 heterocycles. The molecule has 3 rings (SSSR count). The third-order valence-electron chi connectivity index (χ3n) is 4.83. The Morgan fingerprint density at radius 3 is 2.48 bits per heavy atom. The summed E-state index contributed by atoms with van der Waals surface area (Å²) in [6.45, 7) is 4.08. The molecule has 0 spiro atoms. The number of benzene rings is 2. The van der Waals surface area contributed by atoms with Crippen molar-refractivity contribution in [1.82, 2.24) is 4.90 Å². The molecule has 1 fully saturated rings. The van der Waals surface area contributed by atoms with Crippen molar-refractivity contribution in [2.45, 2.75) is 39.3 Å². The van der Waals surface area contributed by atoms with Crippen LogP contribution in [0.1, 0.15) is 39.9 Å². The highest BCUT2D eigenvalue weighted by Gasteiger charge is 2.36. The van der Waals surface area contributed by atoms with Gasteiger partial charge in [0.15, 0.2) is 0 Å². The normalized spacial score (nSPS) is 16.4. The maximum atomic E-state index is 12.7. The zero-order chi connectivity index (χ0) is 19.6. The van der Waals surface area contributed by atoms with Gasteiger partial charge in [-0.2, -0.15) is 0 Å². The monoisotopic (exact) mass is 366 g/mol. The molecular weight excluding hydrogens is 344 g/mol. The Hall–Kier alpha value is -3.15. The van der Waals surface area contributed by atoms with Gasteiger partial charge in [-0.1, -0.05) is 29.8 Å². The molecule has 0 bridgehead atoms. The maximum absolute atomic E-state index is 12.7. The van der Waals surface area contributed by atoms with Crippen molar-refractivity contribution >= 4 is 23.5 Å². The molecule has 0 aliphatic carbocycles. The van der Waals surface area contributed by atoms with Gasteiger partial charge in [-0.3, -0.25) is 9.59 Å². The number of carbonyl (C=O) groups is 3. The Morgan fingerprint density at radius 1 is 1.15 bits per heavy atom. The number of aryl methyl sites for hydroxylation is 2. The van der Waals surface area contributed by atoms with Crippen LogP contribution in [0.3, 0.4) is 0 Å². The average Bonchev–Trinajstić information content (AvgIpc) is 2.97. The molecule has 1 aliphatic heterocycles. The Morgan fingerprint density at radius 2 is 1.85 bits per heavy atom. The second-order valence-corrected chi connectivity index (χ2v) is 6.89. The molecule has 1 aliphatic rings. The van der Waals surface area contributed by atoms with Gasteiger partial charge < -0.3 is 15.3 Å². The first-order valence-electron chi connectivity index (χ1n) is 8.85. The van der Waals surface area contributed by atoms with Gasteiger partial charge in [0, 0.05) is 18.7 Å². The minimum atomic E-state index is -1.00. The van der Waals surface area contributed by atoms with E-state index in [2.05, 4.69) is 5.32 Å². The summed E-state index contributed by atoms with van der Waals surface area (Å²) in [6, 6.07) is 12.0. The zero-order valence-corrected chi connectivity index (χ0v) is 15.4. The minimum Gasteiger partial charge on any atom is -0.478 e. The molecule has 6 nitrogen and oxygen atoms in total. The van der Waals surface area contributed by atoms with E-state index >= 15 is 0 Å². The van der Waals surface area contributed by atoms with Gasteiger partial charge in [0.05, 0.1) is 5.56 Å². The highest BCUT2D eigenvalue weighted by Crippen LogP contribution is 2.24. The molecular formula is C21H22N2O4. The van der Waals surface area contributed by atoms with Crippen LogP contribution in [0, 0.1) is 13.8 Å². The van der Waals surface area contributed by atoms with Crippen LogP contribution >= 0.6 is 0 Å². The number of amides is 2. The maximum Gasteiger partial charge on any atom is 0.335 e. The average molecular weight is 366 g/mol. The quantitative estimate of drug-likeness (QED) is 0.851. The summed E-state index contributed by atoms with van der Waals surface area (Å²) in [5.41, 5.74) is 3.41. The number of aromatic carboxylic acids is 1. The molecule has 0 radical (unpaired) electrons. The van der Waals surface area contributed by atoms with Crippen molar-refractivity contribution in [3.05, 3.63) is 64.7 Å². The summed E-state index contributed by atoms with van der Waals surface area (Å²) < 4.78 is 0. The van der Waals surface area contributed by atoms with Gasteiger partial charge in [-0.25, -0.2) is 4.79 Å². The number of hydrogen-bond donors (Lipinski definition) is 2. The predicted molar refractivity (Wildman–Crippen MR) is 102 cm³/mol. The van der Waals surface area contributed by atoms with Crippen LogP contribution in [0.4, 0.5) is 5.69 Å². The van der Waals surface area contributed by atoms with Crippen molar-refractivity contribution in [3.8, 4) is 0 Å². The van der Waals surface area contributed by atoms with E-state index in [-0.39, 0.29) is 17.4 Å². The van der Waals surface area contributed by atoms with Crippen LogP contribution in [-0.4, -0.2) is 33.8 Å². The highest BCUT2D eigenvalue weighted by atomic mass is 16.4. The second kappa shape index (κ2) is 7.61. The highest BCUT2D eigenvalue weighted by molar-refractivity contribution is 5.99. The Bertz CT molecular complexity index is 890. The Labute approximate surface area is 157 Å². The van der Waals surface area contributed by atoms with E-state index in [9.17, 15) is 14.4 Å². The van der Waals surface area contributed by atoms with E-state index in [0.29, 0.717) is 30.6 Å². The summed E-state index contributed by atoms with van der Waals surface area (Å²) in [6.07, 6.45) is 0.823. The summed E-state index contributed by atoms with van der Waals surface area (Å²) in [5.74, 6) is -1.29. The number of carboxylic acid groups (broad SMARTS) is 1. The molecule has 2 aromatic rings. The number of carbonyl (C=O) groups excluding carboxylic acids is 2. The molecule has 1 saturated heterocycles. The van der Waals surface area contributed by atoms with Crippen LogP contribution < -0.4 is 5.32 Å². The van der Waals surface area contributed by atoms with Crippen LogP contribution in [0.2, 0.25) is 0 Å². The first-order valence-corrected chi connectivity index (χ1v) is 8.85. The van der Waals surface area contributed by atoms with E-state index in [0.717, 1.165) is 11.1 Å². The lowest BCUT2D eigenvalue weighted by molar-refractivity contribution is -0.133. The number of anilines is 1. The van der Waals surface area contributed by atoms with Gasteiger partial charge in [0.1, 0.15) is 6.04 Å². The number of nitrogens with zero attached hydrogens (tertiary/aromatic N) is 1. The summed E-state index contributed by atoms with van der Waals surface area (Å²) in [7, 11) is 0. The van der Waals surface area contributed by atoms with Crippen molar-refractivity contribution in [3.63, 3.8) is 0 Å². The third kappa shape index (κ3) is 4.16. The van der Waals surface area contributed by atoms with Gasteiger partial charge in [-0.05, 0) is 49.6 Å². The standard InChI is InChI=1S/C21H22N2O4/c1-13-3-5-15(6-4-13)12-23-18(9-10-19(23)24)20(25)22-16-7-8-17(21(26)27)14(2)11-16/h3-8,11,18H,9-10,12H2,1-2H3,(H,22,25)(H,26,27). The van der Waals surface area contributed by atoms with E-state index in [1.807, 2.05) is 31.2 Å². The third-order valence-corrected chi connectivity index (χ3v) is 4.83. The van der Waals surface area contributed by atoms with E-state index in [4.69, 9.17) is 5.11 Å². The van der Waals surface area contributed by atoms with Crippen molar-refractivity contribution in [1.29, 1.82) is 0 Å². The van der Waals surface area contributed by atoms with E-state index in [1.54, 1.807) is 24.0 Å². The van der Waals surface area contributed by atoms with Crippen LogP contribution in [-0.2, 0) is 16.1 Å². The van der Waals surface area contributed by atoms with E-state index < -0.39 is 12.0 Å². The first kappa shape index (κ1) is 18.6. The lowest BCUT2D eigenvalue weighted by Crippen LogP contribution is -2.41. The molecule has 2 aromatic carbocycles. The summed E-state index contributed by atoms with van der Waals surface area (Å²) >= 11 is 0. The van der Waals surface area contributed by atoms with Gasteiger partial charge in [0.2, 0.25) is 11.8 Å². The second-order valence-electron chi connectivity index (χ2n) is 6.89. The smallest absolute Gasteiger partial charge is 0.335 e. The summed E-state index contributed by atoms with van der Waals surface area (Å²) in [4.78, 5) is 37.7. The lowest BCUT2D eigenvalue weighted by Gasteiger charge is -2.24. The van der Waals surface area contributed by atoms with Crippen molar-refractivity contribution in [2.75, 3.05) is 5.32 Å². The molecule has 0 aromatic heterocycles. The fraction of sp³-hybridized carbons (Fsp3) is 0.286. The minimum absolute atomic E-state index is 0.0341. The SMILES string of the molecule is Cc1ccc(CN2C(=O)CCC2C(=O)Nc2ccc(C(=O)O)c(C)c2)cc1. The fourth-order valence-electron chi connectivity index (χ4n) is 3.30. The molecule has 6 heteroatoms. The molecule has 27 heavy (non-hydrogen) atoms. The summed E-state index contributed by atoms with van der Waals surface area (Å²) in [5, 5.41) is 11.9. The van der Waals surface area contributed by atoms with Crippen molar-refractivity contribution in [2.24, 2.45) is 0 Å². The molecule has 140 valence electrons. The topological polar surface area (TPSA) is 86.7 Å². The van der Waals surface area contributed by atoms with Crippen LogP contribution in [0.25, 0.3) is 0 Å². The largest absolute Gasteiger partial charge is 0.478 e. The lowest BCUT2D eigenvalue weighted by atomic mass is 10.1. The zero-order valence-electron chi connectivity index (χ0n) is 15.4. The Kier molecular flexibility index (Phi) is 5.26. The number of rotatable bonds is 5. The van der Waals surface area contributed by atoms with Crippen LogP contribution in [0.5, 0.6) is 0 Å². The first-order chi connectivity index (χ1) is 12.8.